The molecule has 1 unspecified atom stereocenters. The Hall–Kier alpha value is -1.36. The van der Waals surface area contributed by atoms with E-state index in [-0.39, 0.29) is 24.5 Å². The summed E-state index contributed by atoms with van der Waals surface area (Å²) in [6.45, 7) is 6.82. The zero-order valence-electron chi connectivity index (χ0n) is 14.0. The first-order valence-corrected chi connectivity index (χ1v) is 8.07. The van der Waals surface area contributed by atoms with Crippen LogP contribution in [0.1, 0.15) is 51.9 Å². The van der Waals surface area contributed by atoms with Crippen molar-refractivity contribution >= 4 is 11.9 Å². The number of rotatable bonds is 14. The highest BCUT2D eigenvalue weighted by atomic mass is 16.6. The van der Waals surface area contributed by atoms with E-state index in [0.29, 0.717) is 38.9 Å². The molecule has 0 bridgehead atoms. The van der Waals surface area contributed by atoms with Crippen LogP contribution in [0.15, 0.2) is 12.7 Å². The first-order valence-electron chi connectivity index (χ1n) is 8.07. The molecule has 0 radical (unpaired) electrons. The summed E-state index contributed by atoms with van der Waals surface area (Å²) in [6.07, 6.45) is 7.00. The fourth-order valence-electron chi connectivity index (χ4n) is 1.96. The molecule has 0 aliphatic rings. The van der Waals surface area contributed by atoms with Gasteiger partial charge in [-0.2, -0.15) is 0 Å². The number of ether oxygens (including phenoxy) is 3. The number of allylic oxidation sites excluding steroid dienone is 1. The van der Waals surface area contributed by atoms with E-state index in [9.17, 15) is 9.59 Å². The second-order valence-corrected chi connectivity index (χ2v) is 5.20. The minimum atomic E-state index is -0.240. The Balaban J connectivity index is 3.72. The third-order valence-electron chi connectivity index (χ3n) is 3.26. The maximum Gasteiger partial charge on any atom is 0.309 e. The van der Waals surface area contributed by atoms with Gasteiger partial charge in [-0.3, -0.25) is 9.59 Å². The second-order valence-electron chi connectivity index (χ2n) is 5.20. The van der Waals surface area contributed by atoms with Crippen LogP contribution in [0.2, 0.25) is 0 Å². The van der Waals surface area contributed by atoms with Crippen molar-refractivity contribution < 1.29 is 23.8 Å². The molecule has 1 atom stereocenters. The minimum absolute atomic E-state index is 0.0866. The summed E-state index contributed by atoms with van der Waals surface area (Å²) in [5, 5.41) is 0. The molecule has 0 aliphatic carbocycles. The summed E-state index contributed by atoms with van der Waals surface area (Å²) >= 11 is 0. The quantitative estimate of drug-likeness (QED) is 0.280. The van der Waals surface area contributed by atoms with Crippen LogP contribution < -0.4 is 0 Å². The lowest BCUT2D eigenvalue weighted by atomic mass is 9.99. The Bertz CT molecular complexity index is 314. The first-order chi connectivity index (χ1) is 10.7. The fourth-order valence-corrected chi connectivity index (χ4v) is 1.96. The van der Waals surface area contributed by atoms with Crippen molar-refractivity contribution in [3.8, 4) is 0 Å². The molecule has 0 spiro atoms. The van der Waals surface area contributed by atoms with E-state index in [1.54, 1.807) is 13.2 Å². The normalized spacial score (nSPS) is 11.7. The maximum absolute atomic E-state index is 11.9. The van der Waals surface area contributed by atoms with Crippen LogP contribution in [0.3, 0.4) is 0 Å². The van der Waals surface area contributed by atoms with E-state index in [1.165, 1.54) is 0 Å². The topological polar surface area (TPSA) is 61.8 Å². The van der Waals surface area contributed by atoms with E-state index >= 15 is 0 Å². The maximum atomic E-state index is 11.9. The zero-order valence-corrected chi connectivity index (χ0v) is 14.0. The first kappa shape index (κ1) is 20.6. The number of carbonyl (C=O) groups is 2. The van der Waals surface area contributed by atoms with Crippen molar-refractivity contribution in [2.75, 3.05) is 26.9 Å². The molecule has 0 saturated heterocycles. The number of hydrogen-bond donors (Lipinski definition) is 0. The van der Waals surface area contributed by atoms with Crippen LogP contribution in [0.25, 0.3) is 0 Å². The lowest BCUT2D eigenvalue weighted by Gasteiger charge is -2.13. The van der Waals surface area contributed by atoms with Gasteiger partial charge in [0.05, 0.1) is 19.1 Å². The molecule has 5 nitrogen and oxygen atoms in total. The number of carbonyl (C=O) groups excluding carboxylic acids is 2. The minimum Gasteiger partial charge on any atom is -0.465 e. The zero-order chi connectivity index (χ0) is 16.6. The summed E-state index contributed by atoms with van der Waals surface area (Å²) in [5.74, 6) is -0.483. The molecule has 0 aliphatic heterocycles. The van der Waals surface area contributed by atoms with E-state index in [0.717, 1.165) is 19.3 Å². The highest BCUT2D eigenvalue weighted by Gasteiger charge is 2.17. The van der Waals surface area contributed by atoms with Crippen LogP contribution in [0, 0.1) is 5.92 Å². The highest BCUT2D eigenvalue weighted by molar-refractivity contribution is 5.72. The van der Waals surface area contributed by atoms with Crippen LogP contribution >= 0.6 is 0 Å². The molecule has 22 heavy (non-hydrogen) atoms. The van der Waals surface area contributed by atoms with Gasteiger partial charge in [0.15, 0.2) is 0 Å². The lowest BCUT2D eigenvalue weighted by molar-refractivity contribution is -0.148. The molecule has 0 aromatic heterocycles. The van der Waals surface area contributed by atoms with Crippen molar-refractivity contribution in [1.82, 2.24) is 0 Å². The molecule has 128 valence electrons. The van der Waals surface area contributed by atoms with Gasteiger partial charge in [-0.25, -0.2) is 0 Å². The van der Waals surface area contributed by atoms with Gasteiger partial charge < -0.3 is 14.2 Å². The fraction of sp³-hybridized carbons (Fsp3) is 0.765. The summed E-state index contributed by atoms with van der Waals surface area (Å²) in [7, 11) is 1.56. The van der Waals surface area contributed by atoms with Crippen LogP contribution in [-0.2, 0) is 23.8 Å². The number of unbranched alkanes of at least 4 members (excludes halogenated alkanes) is 2. The molecule has 5 heteroatoms. The summed E-state index contributed by atoms with van der Waals surface area (Å²) in [4.78, 5) is 23.3. The van der Waals surface area contributed by atoms with Gasteiger partial charge in [0.1, 0.15) is 6.61 Å². The standard InChI is InChI=1S/C17H30O5/c1-4-6-10-15(9-5-2)17(19)22-12-8-7-11-16(18)21-14-13-20-3/h5,15H,2,4,6-14H2,1,3H3. The van der Waals surface area contributed by atoms with Crippen molar-refractivity contribution in [2.45, 2.75) is 51.9 Å². The van der Waals surface area contributed by atoms with Gasteiger partial charge >= 0.3 is 11.9 Å². The van der Waals surface area contributed by atoms with Crippen molar-refractivity contribution in [2.24, 2.45) is 5.92 Å². The van der Waals surface area contributed by atoms with Gasteiger partial charge in [-0.15, -0.1) is 6.58 Å². The predicted molar refractivity (Wildman–Crippen MR) is 85.5 cm³/mol. The van der Waals surface area contributed by atoms with E-state index < -0.39 is 0 Å². The molecule has 0 fully saturated rings. The lowest BCUT2D eigenvalue weighted by Crippen LogP contribution is -2.18. The van der Waals surface area contributed by atoms with Gasteiger partial charge in [0.2, 0.25) is 0 Å². The van der Waals surface area contributed by atoms with Crippen molar-refractivity contribution in [3.63, 3.8) is 0 Å². The molecule has 0 aromatic carbocycles. The predicted octanol–water partition coefficient (Wildman–Crippen LogP) is 3.27. The Morgan fingerprint density at radius 1 is 1.09 bits per heavy atom. The summed E-state index contributed by atoms with van der Waals surface area (Å²) in [5.41, 5.74) is 0. The smallest absolute Gasteiger partial charge is 0.309 e. The molecular weight excluding hydrogens is 284 g/mol. The van der Waals surface area contributed by atoms with Crippen molar-refractivity contribution in [3.05, 3.63) is 12.7 Å². The summed E-state index contributed by atoms with van der Waals surface area (Å²) in [6, 6.07) is 0. The third kappa shape index (κ3) is 11.3. The number of esters is 2. The van der Waals surface area contributed by atoms with Crippen molar-refractivity contribution in [1.29, 1.82) is 0 Å². The average molecular weight is 314 g/mol. The molecule has 0 saturated carbocycles. The Labute approximate surface area is 134 Å². The Morgan fingerprint density at radius 3 is 2.50 bits per heavy atom. The Kier molecular flexibility index (Phi) is 13.7. The monoisotopic (exact) mass is 314 g/mol. The SMILES string of the molecule is C=CCC(CCCC)C(=O)OCCCCC(=O)OCCOC. The molecule has 0 aromatic rings. The average Bonchev–Trinajstić information content (AvgIpc) is 2.51. The number of hydrogen-bond acceptors (Lipinski definition) is 5. The molecular formula is C17H30O5. The van der Waals surface area contributed by atoms with E-state index in [1.807, 2.05) is 0 Å². The largest absolute Gasteiger partial charge is 0.465 e. The van der Waals surface area contributed by atoms with Crippen LogP contribution in [-0.4, -0.2) is 38.9 Å². The van der Waals surface area contributed by atoms with Gasteiger partial charge in [-0.05, 0) is 25.7 Å². The Morgan fingerprint density at radius 2 is 1.86 bits per heavy atom. The molecule has 0 amide bonds. The van der Waals surface area contributed by atoms with Crippen LogP contribution in [0.4, 0.5) is 0 Å². The van der Waals surface area contributed by atoms with E-state index in [4.69, 9.17) is 14.2 Å². The second kappa shape index (κ2) is 14.6. The van der Waals surface area contributed by atoms with Crippen LogP contribution in [0.5, 0.6) is 0 Å². The molecule has 0 heterocycles. The number of methoxy groups -OCH3 is 1. The molecule has 0 N–H and O–H groups in total. The highest BCUT2D eigenvalue weighted by Crippen LogP contribution is 2.15. The van der Waals surface area contributed by atoms with E-state index in [2.05, 4.69) is 13.5 Å². The van der Waals surface area contributed by atoms with Gasteiger partial charge in [-0.1, -0.05) is 25.8 Å². The summed E-state index contributed by atoms with van der Waals surface area (Å²) < 4.78 is 15.0. The van der Waals surface area contributed by atoms with Gasteiger partial charge in [0, 0.05) is 13.5 Å². The molecule has 0 rings (SSSR count). The van der Waals surface area contributed by atoms with Gasteiger partial charge in [0.25, 0.3) is 0 Å². The third-order valence-corrected chi connectivity index (χ3v) is 3.26.